The average Bonchev–Trinajstić information content (AvgIpc) is 3.09. The first kappa shape index (κ1) is 20.5. The third-order valence-electron chi connectivity index (χ3n) is 3.96. The number of nitrogens with one attached hydrogen (secondary N) is 2. The van der Waals surface area contributed by atoms with Crippen molar-refractivity contribution in [2.75, 3.05) is 13.1 Å². The van der Waals surface area contributed by atoms with Crippen LogP contribution >= 0.6 is 0 Å². The van der Waals surface area contributed by atoms with Crippen LogP contribution in [0.15, 0.2) is 41.7 Å². The second-order valence-electron chi connectivity index (χ2n) is 6.38. The van der Waals surface area contributed by atoms with Crippen LogP contribution in [0.4, 0.5) is 8.78 Å². The van der Waals surface area contributed by atoms with Gasteiger partial charge in [0.1, 0.15) is 12.2 Å². The largest absolute Gasteiger partial charge is 0.355 e. The van der Waals surface area contributed by atoms with Gasteiger partial charge < -0.3 is 15.2 Å². The zero-order valence-corrected chi connectivity index (χ0v) is 16.0. The molecule has 0 spiro atoms. The molecule has 2 rings (SSSR count). The molecule has 0 saturated carbocycles. The van der Waals surface area contributed by atoms with E-state index in [-0.39, 0.29) is 6.04 Å². The first-order valence-corrected chi connectivity index (χ1v) is 8.91. The number of halogens is 2. The van der Waals surface area contributed by atoms with Crippen molar-refractivity contribution in [3.8, 4) is 0 Å². The van der Waals surface area contributed by atoms with Crippen molar-refractivity contribution in [3.63, 3.8) is 0 Å². The summed E-state index contributed by atoms with van der Waals surface area (Å²) in [6.07, 6.45) is 2.50. The van der Waals surface area contributed by atoms with Gasteiger partial charge in [0.15, 0.2) is 17.6 Å². The smallest absolute Gasteiger partial charge is 0.192 e. The first-order chi connectivity index (χ1) is 12.9. The second kappa shape index (κ2) is 9.80. The molecular weight excluding hydrogens is 350 g/mol. The quantitative estimate of drug-likeness (QED) is 0.422. The van der Waals surface area contributed by atoms with Gasteiger partial charge >= 0.3 is 0 Å². The maximum absolute atomic E-state index is 13.5. The average molecular weight is 376 g/mol. The zero-order valence-electron chi connectivity index (χ0n) is 16.0. The van der Waals surface area contributed by atoms with Crippen LogP contribution in [0, 0.1) is 11.6 Å². The first-order valence-electron chi connectivity index (χ1n) is 8.91. The highest BCUT2D eigenvalue weighted by atomic mass is 19.2. The minimum Gasteiger partial charge on any atom is -0.355 e. The highest BCUT2D eigenvalue weighted by molar-refractivity contribution is 5.80. The number of nitrogens with zero attached hydrogens (tertiary/aromatic N) is 4. The van der Waals surface area contributed by atoms with E-state index in [9.17, 15) is 8.78 Å². The predicted octanol–water partition coefficient (Wildman–Crippen LogP) is 2.99. The molecule has 1 unspecified atom stereocenters. The summed E-state index contributed by atoms with van der Waals surface area (Å²) in [5, 5.41) is 14.4. The molecule has 146 valence electrons. The Morgan fingerprint density at radius 1 is 1.33 bits per heavy atom. The summed E-state index contributed by atoms with van der Waals surface area (Å²) in [6, 6.07) is 3.61. The number of hydrogen-bond acceptors (Lipinski definition) is 3. The Balaban J connectivity index is 2.01. The van der Waals surface area contributed by atoms with E-state index in [4.69, 9.17) is 0 Å². The summed E-state index contributed by atoms with van der Waals surface area (Å²) in [5.41, 5.74) is 1.55. The zero-order chi connectivity index (χ0) is 19.8. The topological polar surface area (TPSA) is 67.1 Å². The molecule has 8 heteroatoms. The van der Waals surface area contributed by atoms with Crippen LogP contribution in [0.1, 0.15) is 38.2 Å². The van der Waals surface area contributed by atoms with E-state index in [0.29, 0.717) is 31.2 Å². The summed E-state index contributed by atoms with van der Waals surface area (Å²) in [6.45, 7) is 11.4. The molecule has 0 radical (unpaired) electrons. The van der Waals surface area contributed by atoms with Crippen LogP contribution in [-0.4, -0.2) is 33.8 Å². The van der Waals surface area contributed by atoms with Crippen LogP contribution in [0.25, 0.3) is 0 Å². The minimum absolute atomic E-state index is 0.252. The molecule has 27 heavy (non-hydrogen) atoms. The summed E-state index contributed by atoms with van der Waals surface area (Å²) in [4.78, 5) is 4.48. The molecule has 1 heterocycles. The molecule has 2 aromatic rings. The highest BCUT2D eigenvalue weighted by Crippen LogP contribution is 2.15. The molecule has 0 amide bonds. The molecule has 0 aliphatic heterocycles. The monoisotopic (exact) mass is 376 g/mol. The van der Waals surface area contributed by atoms with Gasteiger partial charge in [0.25, 0.3) is 0 Å². The fraction of sp³-hybridized carbons (Fsp3) is 0.421. The third-order valence-corrected chi connectivity index (χ3v) is 3.96. The normalized spacial score (nSPS) is 12.7. The predicted molar refractivity (Wildman–Crippen MR) is 102 cm³/mol. The molecule has 0 bridgehead atoms. The molecular formula is C19H26F2N6. The van der Waals surface area contributed by atoms with Crippen LogP contribution in [0.3, 0.4) is 0 Å². The number of aromatic nitrogens is 3. The Kier molecular flexibility index (Phi) is 7.45. The van der Waals surface area contributed by atoms with Crippen molar-refractivity contribution in [1.82, 2.24) is 25.4 Å². The second-order valence-corrected chi connectivity index (χ2v) is 6.38. The number of benzene rings is 1. The number of aliphatic imine (C=N–C) groups is 1. The van der Waals surface area contributed by atoms with E-state index in [1.54, 1.807) is 12.4 Å². The number of hydrogen-bond donors (Lipinski definition) is 2. The lowest BCUT2D eigenvalue weighted by Crippen LogP contribution is -2.40. The Hall–Kier alpha value is -2.77. The maximum atomic E-state index is 13.5. The SMILES string of the molecule is C=C(C)CN=C(NCCn1cnnc1CC)NC(C)c1ccc(F)c(F)c1. The van der Waals surface area contributed by atoms with Gasteiger partial charge in [-0.2, -0.15) is 0 Å². The van der Waals surface area contributed by atoms with Crippen molar-refractivity contribution in [3.05, 3.63) is 59.7 Å². The van der Waals surface area contributed by atoms with E-state index in [1.807, 2.05) is 25.3 Å². The van der Waals surface area contributed by atoms with Crippen molar-refractivity contribution in [2.45, 2.75) is 39.8 Å². The number of guanidine groups is 1. The lowest BCUT2D eigenvalue weighted by atomic mass is 10.1. The number of aryl methyl sites for hydroxylation is 1. The maximum Gasteiger partial charge on any atom is 0.192 e. The van der Waals surface area contributed by atoms with Gasteiger partial charge in [-0.05, 0) is 31.5 Å². The molecule has 0 saturated heterocycles. The van der Waals surface area contributed by atoms with Gasteiger partial charge in [-0.15, -0.1) is 10.2 Å². The third kappa shape index (κ3) is 6.16. The van der Waals surface area contributed by atoms with E-state index in [0.717, 1.165) is 23.9 Å². The van der Waals surface area contributed by atoms with Crippen LogP contribution in [0.5, 0.6) is 0 Å². The Morgan fingerprint density at radius 2 is 2.11 bits per heavy atom. The lowest BCUT2D eigenvalue weighted by molar-refractivity contribution is 0.504. The fourth-order valence-corrected chi connectivity index (χ4v) is 2.47. The van der Waals surface area contributed by atoms with E-state index >= 15 is 0 Å². The summed E-state index contributed by atoms with van der Waals surface area (Å²) >= 11 is 0. The van der Waals surface area contributed by atoms with E-state index in [1.165, 1.54) is 6.07 Å². The molecule has 1 aromatic heterocycles. The van der Waals surface area contributed by atoms with Crippen LogP contribution in [0.2, 0.25) is 0 Å². The van der Waals surface area contributed by atoms with Gasteiger partial charge in [-0.25, -0.2) is 13.8 Å². The standard InChI is InChI=1S/C19H26F2N6/c1-5-18-26-24-12-27(18)9-8-22-19(23-11-13(2)3)25-14(4)15-6-7-16(20)17(21)10-15/h6-7,10,12,14H,2,5,8-9,11H2,1,3-4H3,(H2,22,23,25). The van der Waals surface area contributed by atoms with Crippen LogP contribution in [-0.2, 0) is 13.0 Å². The fourth-order valence-electron chi connectivity index (χ4n) is 2.47. The van der Waals surface area contributed by atoms with Crippen molar-refractivity contribution < 1.29 is 8.78 Å². The van der Waals surface area contributed by atoms with Crippen LogP contribution < -0.4 is 10.6 Å². The Labute approximate surface area is 158 Å². The van der Waals surface area contributed by atoms with Gasteiger partial charge in [0.05, 0.1) is 12.6 Å². The summed E-state index contributed by atoms with van der Waals surface area (Å²) in [5.74, 6) is -0.239. The summed E-state index contributed by atoms with van der Waals surface area (Å²) < 4.78 is 28.6. The molecule has 1 atom stereocenters. The minimum atomic E-state index is -0.866. The molecule has 0 fully saturated rings. The van der Waals surface area contributed by atoms with Crippen molar-refractivity contribution in [2.24, 2.45) is 4.99 Å². The van der Waals surface area contributed by atoms with Gasteiger partial charge in [-0.3, -0.25) is 0 Å². The molecule has 6 nitrogen and oxygen atoms in total. The van der Waals surface area contributed by atoms with Gasteiger partial charge in [0, 0.05) is 19.5 Å². The highest BCUT2D eigenvalue weighted by Gasteiger charge is 2.11. The molecule has 0 aliphatic rings. The van der Waals surface area contributed by atoms with E-state index in [2.05, 4.69) is 32.4 Å². The molecule has 2 N–H and O–H groups in total. The van der Waals surface area contributed by atoms with Crippen molar-refractivity contribution in [1.29, 1.82) is 0 Å². The number of rotatable bonds is 8. The molecule has 0 aliphatic carbocycles. The summed E-state index contributed by atoms with van der Waals surface area (Å²) in [7, 11) is 0. The molecule has 1 aromatic carbocycles. The Morgan fingerprint density at radius 3 is 2.78 bits per heavy atom. The van der Waals surface area contributed by atoms with E-state index < -0.39 is 11.6 Å². The lowest BCUT2D eigenvalue weighted by Gasteiger charge is -2.19. The Bertz CT molecular complexity index is 799. The van der Waals surface area contributed by atoms with Gasteiger partial charge in [0.2, 0.25) is 0 Å². The van der Waals surface area contributed by atoms with Gasteiger partial charge in [-0.1, -0.05) is 25.1 Å². The van der Waals surface area contributed by atoms with Crippen molar-refractivity contribution >= 4 is 5.96 Å².